The second kappa shape index (κ2) is 10.7. The number of anilines is 1. The molecule has 8 heteroatoms. The molecular weight excluding hydrogens is 477 g/mol. The van der Waals surface area contributed by atoms with Gasteiger partial charge in [0, 0.05) is 11.8 Å². The van der Waals surface area contributed by atoms with Gasteiger partial charge in [0.15, 0.2) is 0 Å². The van der Waals surface area contributed by atoms with Crippen molar-refractivity contribution in [3.63, 3.8) is 0 Å². The highest BCUT2D eigenvalue weighted by molar-refractivity contribution is 6.51. The summed E-state index contributed by atoms with van der Waals surface area (Å²) in [6.45, 7) is 6.07. The molecule has 0 bridgehead atoms. The Bertz CT molecular complexity index is 1350. The number of ether oxygens (including phenoxy) is 3. The summed E-state index contributed by atoms with van der Waals surface area (Å²) < 4.78 is 30.8. The predicted molar refractivity (Wildman–Crippen MR) is 138 cm³/mol. The summed E-state index contributed by atoms with van der Waals surface area (Å²) in [4.78, 5) is 28.1. The molecule has 0 saturated carbocycles. The van der Waals surface area contributed by atoms with Gasteiger partial charge in [0.2, 0.25) is 0 Å². The number of carbonyl (C=O) groups is 2. The Morgan fingerprint density at radius 2 is 1.76 bits per heavy atom. The van der Waals surface area contributed by atoms with Gasteiger partial charge in [-0.3, -0.25) is 14.5 Å². The number of hydrogen-bond donors (Lipinski definition) is 1. The SMILES string of the molecule is CCOc1cccc(N2C(=O)C(=O)/C(=C(/O)c3cc(F)ccc3OC)C2c2ccc(OC(C)C)cc2)c1. The highest BCUT2D eigenvalue weighted by atomic mass is 19.1. The molecule has 37 heavy (non-hydrogen) atoms. The van der Waals surface area contributed by atoms with Crippen LogP contribution in [0.25, 0.3) is 5.76 Å². The Morgan fingerprint density at radius 3 is 2.41 bits per heavy atom. The van der Waals surface area contributed by atoms with E-state index in [2.05, 4.69) is 0 Å². The van der Waals surface area contributed by atoms with Gasteiger partial charge in [0.05, 0.1) is 37.0 Å². The molecule has 1 N–H and O–H groups in total. The van der Waals surface area contributed by atoms with E-state index in [1.54, 1.807) is 48.5 Å². The Hall–Kier alpha value is -4.33. The molecule has 1 aliphatic rings. The third-order valence-corrected chi connectivity index (χ3v) is 5.84. The molecule has 0 aliphatic carbocycles. The maximum atomic E-state index is 14.2. The van der Waals surface area contributed by atoms with Gasteiger partial charge in [0.1, 0.15) is 28.8 Å². The summed E-state index contributed by atoms with van der Waals surface area (Å²) in [5.41, 5.74) is 0.737. The number of aliphatic hydroxyl groups is 1. The summed E-state index contributed by atoms with van der Waals surface area (Å²) in [6.07, 6.45) is -0.0433. The number of rotatable bonds is 8. The fourth-order valence-corrected chi connectivity index (χ4v) is 4.32. The van der Waals surface area contributed by atoms with E-state index < -0.39 is 29.3 Å². The molecule has 192 valence electrons. The van der Waals surface area contributed by atoms with Crippen molar-refractivity contribution in [1.82, 2.24) is 0 Å². The number of methoxy groups -OCH3 is 1. The summed E-state index contributed by atoms with van der Waals surface area (Å²) in [7, 11) is 1.37. The van der Waals surface area contributed by atoms with E-state index in [4.69, 9.17) is 14.2 Å². The van der Waals surface area contributed by atoms with Gasteiger partial charge in [0.25, 0.3) is 11.7 Å². The molecule has 4 rings (SSSR count). The van der Waals surface area contributed by atoms with Crippen LogP contribution in [0.15, 0.2) is 72.3 Å². The number of amides is 1. The molecule has 1 unspecified atom stereocenters. The van der Waals surface area contributed by atoms with Crippen LogP contribution in [-0.4, -0.2) is 36.6 Å². The smallest absolute Gasteiger partial charge is 0.300 e. The predicted octanol–water partition coefficient (Wildman–Crippen LogP) is 5.65. The zero-order valence-electron chi connectivity index (χ0n) is 21.0. The summed E-state index contributed by atoms with van der Waals surface area (Å²) >= 11 is 0. The molecule has 7 nitrogen and oxygen atoms in total. The van der Waals surface area contributed by atoms with Crippen molar-refractivity contribution in [3.8, 4) is 17.2 Å². The fraction of sp³-hybridized carbons (Fsp3) is 0.241. The second-order valence-corrected chi connectivity index (χ2v) is 8.68. The molecule has 1 heterocycles. The molecule has 1 aliphatic heterocycles. The van der Waals surface area contributed by atoms with Crippen LogP contribution in [0.4, 0.5) is 10.1 Å². The number of benzene rings is 3. The Morgan fingerprint density at radius 1 is 1.03 bits per heavy atom. The molecule has 3 aromatic rings. The third kappa shape index (κ3) is 5.14. The molecule has 1 fully saturated rings. The zero-order valence-corrected chi connectivity index (χ0v) is 21.0. The highest BCUT2D eigenvalue weighted by Crippen LogP contribution is 2.44. The molecule has 1 amide bonds. The van der Waals surface area contributed by atoms with E-state index in [9.17, 15) is 19.1 Å². The summed E-state index contributed by atoms with van der Waals surface area (Å²) in [6, 6.07) is 16.3. The monoisotopic (exact) mass is 505 g/mol. The largest absolute Gasteiger partial charge is 0.507 e. The number of hydrogen-bond acceptors (Lipinski definition) is 6. The van der Waals surface area contributed by atoms with E-state index in [0.717, 1.165) is 6.07 Å². The lowest BCUT2D eigenvalue weighted by Gasteiger charge is -2.26. The van der Waals surface area contributed by atoms with E-state index in [1.165, 1.54) is 24.1 Å². The Balaban J connectivity index is 1.93. The van der Waals surface area contributed by atoms with Crippen LogP contribution in [0.5, 0.6) is 17.2 Å². The molecule has 1 atom stereocenters. The van der Waals surface area contributed by atoms with E-state index in [0.29, 0.717) is 29.4 Å². The number of nitrogens with zero attached hydrogens (tertiary/aromatic N) is 1. The van der Waals surface area contributed by atoms with Gasteiger partial charge in [-0.15, -0.1) is 0 Å². The van der Waals surface area contributed by atoms with Crippen molar-refractivity contribution >= 4 is 23.1 Å². The average Bonchev–Trinajstić information content (AvgIpc) is 3.14. The fourth-order valence-electron chi connectivity index (χ4n) is 4.32. The van der Waals surface area contributed by atoms with Crippen molar-refractivity contribution in [2.75, 3.05) is 18.6 Å². The minimum atomic E-state index is -1.00. The van der Waals surface area contributed by atoms with Crippen LogP contribution in [0.3, 0.4) is 0 Å². The van der Waals surface area contributed by atoms with Gasteiger partial charge in [-0.2, -0.15) is 0 Å². The first-order valence-electron chi connectivity index (χ1n) is 11.9. The van der Waals surface area contributed by atoms with Crippen LogP contribution in [0, 0.1) is 5.82 Å². The minimum Gasteiger partial charge on any atom is -0.507 e. The first-order chi connectivity index (χ1) is 17.7. The van der Waals surface area contributed by atoms with E-state index >= 15 is 0 Å². The van der Waals surface area contributed by atoms with Crippen molar-refractivity contribution in [2.24, 2.45) is 0 Å². The maximum Gasteiger partial charge on any atom is 0.300 e. The molecule has 3 aromatic carbocycles. The summed E-state index contributed by atoms with van der Waals surface area (Å²) in [5, 5.41) is 11.3. The third-order valence-electron chi connectivity index (χ3n) is 5.84. The van der Waals surface area contributed by atoms with Crippen LogP contribution < -0.4 is 19.1 Å². The van der Waals surface area contributed by atoms with Crippen molar-refractivity contribution in [2.45, 2.75) is 32.9 Å². The normalized spacial score (nSPS) is 16.8. The number of Topliss-reactive ketones (excluding diaryl/α,β-unsaturated/α-hetero) is 1. The van der Waals surface area contributed by atoms with Gasteiger partial charge < -0.3 is 19.3 Å². The molecule has 0 radical (unpaired) electrons. The Labute approximate surface area is 214 Å². The van der Waals surface area contributed by atoms with Crippen molar-refractivity contribution < 1.29 is 33.3 Å². The first-order valence-corrected chi connectivity index (χ1v) is 11.9. The lowest BCUT2D eigenvalue weighted by molar-refractivity contribution is -0.132. The maximum absolute atomic E-state index is 14.2. The van der Waals surface area contributed by atoms with E-state index in [1.807, 2.05) is 20.8 Å². The lowest BCUT2D eigenvalue weighted by atomic mass is 9.94. The highest BCUT2D eigenvalue weighted by Gasteiger charge is 2.47. The number of carbonyl (C=O) groups excluding carboxylic acids is 2. The van der Waals surface area contributed by atoms with Crippen molar-refractivity contribution in [1.29, 1.82) is 0 Å². The van der Waals surface area contributed by atoms with Crippen LogP contribution in [-0.2, 0) is 9.59 Å². The number of aliphatic hydroxyl groups excluding tert-OH is 1. The number of halogens is 1. The molecule has 0 spiro atoms. The summed E-state index contributed by atoms with van der Waals surface area (Å²) in [5.74, 6) is -1.62. The minimum absolute atomic E-state index is 0.0340. The van der Waals surface area contributed by atoms with Crippen LogP contribution >= 0.6 is 0 Å². The van der Waals surface area contributed by atoms with Crippen LogP contribution in [0.2, 0.25) is 0 Å². The topological polar surface area (TPSA) is 85.3 Å². The standard InChI is InChI=1S/C29H28FNO6/c1-5-36-22-8-6-7-20(16-22)31-26(18-9-12-21(13-10-18)37-17(2)3)25(28(33)29(31)34)27(32)23-15-19(30)11-14-24(23)35-4/h6-17,26,32H,5H2,1-4H3/b27-25+. The van der Waals surface area contributed by atoms with Crippen molar-refractivity contribution in [3.05, 3.63) is 89.2 Å². The molecule has 1 saturated heterocycles. The number of ketones is 1. The van der Waals surface area contributed by atoms with Gasteiger partial charge in [-0.05, 0) is 68.8 Å². The molecular formula is C29H28FNO6. The molecule has 0 aromatic heterocycles. The van der Waals surface area contributed by atoms with Crippen LogP contribution in [0.1, 0.15) is 37.9 Å². The average molecular weight is 506 g/mol. The lowest BCUT2D eigenvalue weighted by Crippen LogP contribution is -2.29. The zero-order chi connectivity index (χ0) is 26.7. The van der Waals surface area contributed by atoms with E-state index in [-0.39, 0.29) is 23.0 Å². The Kier molecular flexibility index (Phi) is 7.47. The van der Waals surface area contributed by atoms with Gasteiger partial charge in [-0.25, -0.2) is 4.39 Å². The first kappa shape index (κ1) is 25.8. The van der Waals surface area contributed by atoms with Gasteiger partial charge >= 0.3 is 0 Å². The second-order valence-electron chi connectivity index (χ2n) is 8.68. The quantitative estimate of drug-likeness (QED) is 0.242. The van der Waals surface area contributed by atoms with Gasteiger partial charge in [-0.1, -0.05) is 18.2 Å².